The Labute approximate surface area is 167 Å². The lowest BCUT2D eigenvalue weighted by Gasteiger charge is -2.44. The van der Waals surface area contributed by atoms with Crippen molar-refractivity contribution >= 4 is 23.6 Å². The van der Waals surface area contributed by atoms with Gasteiger partial charge in [-0.1, -0.05) is 43.9 Å². The summed E-state index contributed by atoms with van der Waals surface area (Å²) in [6.45, 7) is 6.59. The monoisotopic (exact) mass is 388 g/mol. The van der Waals surface area contributed by atoms with E-state index in [0.29, 0.717) is 12.3 Å². The summed E-state index contributed by atoms with van der Waals surface area (Å²) in [5.41, 5.74) is 1.94. The molecule has 0 aromatic heterocycles. The summed E-state index contributed by atoms with van der Waals surface area (Å²) in [6.07, 6.45) is 7.00. The van der Waals surface area contributed by atoms with Crippen molar-refractivity contribution in [2.45, 2.75) is 63.7 Å². The van der Waals surface area contributed by atoms with Crippen molar-refractivity contribution in [3.63, 3.8) is 0 Å². The maximum absolute atomic E-state index is 13.1. The Morgan fingerprint density at radius 3 is 2.41 bits per heavy atom. The van der Waals surface area contributed by atoms with E-state index in [0.717, 1.165) is 56.6 Å². The molecule has 1 spiro atoms. The van der Waals surface area contributed by atoms with Crippen LogP contribution in [0.3, 0.4) is 0 Å². The Bertz CT molecular complexity index is 651. The molecule has 0 N–H and O–H groups in total. The first-order valence-corrected chi connectivity index (χ1v) is 11.3. The predicted molar refractivity (Wildman–Crippen MR) is 112 cm³/mol. The highest BCUT2D eigenvalue weighted by atomic mass is 32.2. The van der Waals surface area contributed by atoms with Crippen molar-refractivity contribution in [1.29, 1.82) is 0 Å². The molecule has 3 rings (SSSR count). The summed E-state index contributed by atoms with van der Waals surface area (Å²) in [5.74, 6) is 1.42. The number of carbonyl (C=O) groups is 2. The molecular weight excluding hydrogens is 356 g/mol. The molecule has 2 heterocycles. The third-order valence-corrected chi connectivity index (χ3v) is 7.42. The van der Waals surface area contributed by atoms with E-state index in [9.17, 15) is 9.59 Å². The summed E-state index contributed by atoms with van der Waals surface area (Å²) < 4.78 is 0. The van der Waals surface area contributed by atoms with Crippen molar-refractivity contribution in [2.24, 2.45) is 0 Å². The first kappa shape index (κ1) is 20.2. The van der Waals surface area contributed by atoms with Gasteiger partial charge in [0.05, 0.1) is 4.87 Å². The zero-order valence-electron chi connectivity index (χ0n) is 16.7. The number of rotatable bonds is 6. The minimum atomic E-state index is -0.124. The fraction of sp³-hybridized carbons (Fsp3) is 0.636. The Kier molecular flexibility index (Phi) is 6.85. The molecule has 148 valence electrons. The highest BCUT2D eigenvalue weighted by molar-refractivity contribution is 8.00. The van der Waals surface area contributed by atoms with Crippen LogP contribution in [0, 0.1) is 6.92 Å². The molecule has 2 aliphatic heterocycles. The van der Waals surface area contributed by atoms with E-state index in [4.69, 9.17) is 0 Å². The Balaban J connectivity index is 1.58. The third-order valence-electron chi connectivity index (χ3n) is 5.86. The number of carbonyl (C=O) groups excluding carboxylic acids is 2. The SMILES string of the molecule is CCCCCCC(=O)N1CCC2(CC1)SCCN2C(=O)c1ccc(C)cc1. The van der Waals surface area contributed by atoms with Gasteiger partial charge in [0.2, 0.25) is 5.91 Å². The van der Waals surface area contributed by atoms with Crippen molar-refractivity contribution in [3.05, 3.63) is 35.4 Å². The maximum atomic E-state index is 13.1. The number of hydrogen-bond acceptors (Lipinski definition) is 3. The van der Waals surface area contributed by atoms with Gasteiger partial charge in [0.15, 0.2) is 0 Å². The van der Waals surface area contributed by atoms with Crippen LogP contribution >= 0.6 is 11.8 Å². The molecule has 0 bridgehead atoms. The average Bonchev–Trinajstić information content (AvgIpc) is 3.08. The number of thioether (sulfide) groups is 1. The molecule has 0 unspecified atom stereocenters. The molecule has 0 radical (unpaired) electrons. The average molecular weight is 389 g/mol. The summed E-state index contributed by atoms with van der Waals surface area (Å²) in [4.78, 5) is 29.5. The second-order valence-corrected chi connectivity index (χ2v) is 9.27. The van der Waals surface area contributed by atoms with Gasteiger partial charge in [0.25, 0.3) is 5.91 Å². The van der Waals surface area contributed by atoms with Crippen LogP contribution in [-0.4, -0.2) is 51.9 Å². The highest BCUT2D eigenvalue weighted by Gasteiger charge is 2.46. The molecule has 0 atom stereocenters. The number of unbranched alkanes of at least 4 members (excludes halogenated alkanes) is 3. The van der Waals surface area contributed by atoms with Crippen LogP contribution in [0.1, 0.15) is 67.8 Å². The van der Waals surface area contributed by atoms with Gasteiger partial charge in [0.1, 0.15) is 0 Å². The van der Waals surface area contributed by atoms with Crippen LogP contribution in [0.15, 0.2) is 24.3 Å². The van der Waals surface area contributed by atoms with E-state index in [1.807, 2.05) is 47.9 Å². The minimum Gasteiger partial charge on any atom is -0.342 e. The first-order chi connectivity index (χ1) is 13.1. The van der Waals surface area contributed by atoms with E-state index in [1.54, 1.807) is 0 Å². The molecule has 4 nitrogen and oxygen atoms in total. The van der Waals surface area contributed by atoms with Crippen LogP contribution in [-0.2, 0) is 4.79 Å². The zero-order valence-corrected chi connectivity index (χ0v) is 17.5. The van der Waals surface area contributed by atoms with Crippen molar-refractivity contribution < 1.29 is 9.59 Å². The molecule has 0 aliphatic carbocycles. The van der Waals surface area contributed by atoms with Crippen LogP contribution in [0.4, 0.5) is 0 Å². The molecule has 2 saturated heterocycles. The second-order valence-electron chi connectivity index (χ2n) is 7.81. The number of likely N-dealkylation sites (tertiary alicyclic amines) is 1. The molecule has 0 saturated carbocycles. The number of piperidine rings is 1. The molecule has 2 fully saturated rings. The molecule has 2 aliphatic rings. The number of nitrogens with zero attached hydrogens (tertiary/aromatic N) is 2. The first-order valence-electron chi connectivity index (χ1n) is 10.4. The van der Waals surface area contributed by atoms with Gasteiger partial charge in [0, 0.05) is 37.4 Å². The molecular formula is C22H32N2O2S. The van der Waals surface area contributed by atoms with Crippen molar-refractivity contribution in [1.82, 2.24) is 9.80 Å². The third kappa shape index (κ3) is 4.68. The van der Waals surface area contributed by atoms with Crippen LogP contribution in [0.25, 0.3) is 0 Å². The van der Waals surface area contributed by atoms with E-state index in [-0.39, 0.29) is 10.8 Å². The standard InChI is InChI=1S/C22H32N2O2S/c1-3-4-5-6-7-20(25)23-14-12-22(13-15-23)24(16-17-27-22)21(26)19-10-8-18(2)9-11-19/h8-11H,3-7,12-17H2,1-2H3. The Hall–Kier alpha value is -1.49. The molecule has 27 heavy (non-hydrogen) atoms. The number of benzene rings is 1. The van der Waals surface area contributed by atoms with Crippen LogP contribution < -0.4 is 0 Å². The van der Waals surface area contributed by atoms with Gasteiger partial charge < -0.3 is 9.80 Å². The fourth-order valence-corrected chi connectivity index (χ4v) is 5.58. The van der Waals surface area contributed by atoms with Gasteiger partial charge in [-0.05, 0) is 38.3 Å². The van der Waals surface area contributed by atoms with E-state index in [2.05, 4.69) is 11.8 Å². The molecule has 5 heteroatoms. The summed E-state index contributed by atoms with van der Waals surface area (Å²) in [6, 6.07) is 7.87. The number of amides is 2. The quantitative estimate of drug-likeness (QED) is 0.675. The van der Waals surface area contributed by atoms with Gasteiger partial charge in [-0.3, -0.25) is 9.59 Å². The highest BCUT2D eigenvalue weighted by Crippen LogP contribution is 2.44. The van der Waals surface area contributed by atoms with Gasteiger partial charge in [-0.2, -0.15) is 0 Å². The fourth-order valence-electron chi connectivity index (χ4n) is 4.13. The van der Waals surface area contributed by atoms with Gasteiger partial charge in [-0.15, -0.1) is 11.8 Å². The molecule has 2 amide bonds. The second kappa shape index (κ2) is 9.13. The van der Waals surface area contributed by atoms with Gasteiger partial charge in [-0.25, -0.2) is 0 Å². The number of aryl methyl sites for hydroxylation is 1. The van der Waals surface area contributed by atoms with E-state index >= 15 is 0 Å². The Morgan fingerprint density at radius 1 is 1.04 bits per heavy atom. The summed E-state index contributed by atoms with van der Waals surface area (Å²) >= 11 is 1.91. The lowest BCUT2D eigenvalue weighted by Crippen LogP contribution is -2.53. The predicted octanol–water partition coefficient (Wildman–Crippen LogP) is 4.47. The van der Waals surface area contributed by atoms with Crippen molar-refractivity contribution in [2.75, 3.05) is 25.4 Å². The lowest BCUT2D eigenvalue weighted by atomic mass is 10.00. The maximum Gasteiger partial charge on any atom is 0.254 e. The zero-order chi connectivity index (χ0) is 19.3. The molecule has 1 aromatic carbocycles. The van der Waals surface area contributed by atoms with Crippen molar-refractivity contribution in [3.8, 4) is 0 Å². The lowest BCUT2D eigenvalue weighted by molar-refractivity contribution is -0.132. The summed E-state index contributed by atoms with van der Waals surface area (Å²) in [7, 11) is 0. The van der Waals surface area contributed by atoms with Crippen LogP contribution in [0.5, 0.6) is 0 Å². The van der Waals surface area contributed by atoms with Gasteiger partial charge >= 0.3 is 0 Å². The largest absolute Gasteiger partial charge is 0.342 e. The minimum absolute atomic E-state index is 0.124. The Morgan fingerprint density at radius 2 is 1.74 bits per heavy atom. The van der Waals surface area contributed by atoms with E-state index < -0.39 is 0 Å². The summed E-state index contributed by atoms with van der Waals surface area (Å²) in [5, 5.41) is 0. The topological polar surface area (TPSA) is 40.6 Å². The normalized spacial score (nSPS) is 18.9. The van der Waals surface area contributed by atoms with Crippen LogP contribution in [0.2, 0.25) is 0 Å². The molecule has 1 aromatic rings. The number of hydrogen-bond donors (Lipinski definition) is 0. The van der Waals surface area contributed by atoms with E-state index in [1.165, 1.54) is 18.4 Å². The smallest absolute Gasteiger partial charge is 0.254 e.